The van der Waals surface area contributed by atoms with E-state index in [2.05, 4.69) is 22.8 Å². The van der Waals surface area contributed by atoms with Gasteiger partial charge in [-0.2, -0.15) is 0 Å². The van der Waals surface area contributed by atoms with E-state index in [9.17, 15) is 5.11 Å². The van der Waals surface area contributed by atoms with E-state index in [0.717, 1.165) is 25.3 Å². The van der Waals surface area contributed by atoms with E-state index in [4.69, 9.17) is 0 Å². The lowest BCUT2D eigenvalue weighted by Crippen LogP contribution is -2.37. The standard InChI is InChI=1S/C13H19NOS/c15-11-6-9(7-11)8-14-13(10-3-4-10)12-2-1-5-16-12/h1-2,5,9-11,13-15H,3-4,6-8H2. The number of aliphatic hydroxyl groups is 1. The van der Waals surface area contributed by atoms with Crippen LogP contribution in [0.2, 0.25) is 0 Å². The Morgan fingerprint density at radius 1 is 1.44 bits per heavy atom. The topological polar surface area (TPSA) is 32.3 Å². The summed E-state index contributed by atoms with van der Waals surface area (Å²) in [5.41, 5.74) is 0. The highest BCUT2D eigenvalue weighted by molar-refractivity contribution is 7.10. The second-order valence-corrected chi connectivity index (χ2v) is 6.21. The number of nitrogens with one attached hydrogen (secondary N) is 1. The van der Waals surface area contributed by atoms with Gasteiger partial charge in [-0.3, -0.25) is 0 Å². The SMILES string of the molecule is OC1CC(CNC(c2cccs2)C2CC2)C1. The van der Waals surface area contributed by atoms with Crippen molar-refractivity contribution in [2.75, 3.05) is 6.54 Å². The van der Waals surface area contributed by atoms with Crippen LogP contribution in [0.4, 0.5) is 0 Å². The predicted octanol–water partition coefficient (Wildman–Crippen LogP) is 2.56. The van der Waals surface area contributed by atoms with E-state index in [-0.39, 0.29) is 6.10 Å². The van der Waals surface area contributed by atoms with Crippen LogP contribution in [-0.4, -0.2) is 17.8 Å². The third-order valence-electron chi connectivity index (χ3n) is 3.78. The van der Waals surface area contributed by atoms with Gasteiger partial charge in [0.05, 0.1) is 6.10 Å². The van der Waals surface area contributed by atoms with Crippen molar-refractivity contribution >= 4 is 11.3 Å². The van der Waals surface area contributed by atoms with Crippen LogP contribution >= 0.6 is 11.3 Å². The molecule has 2 saturated carbocycles. The van der Waals surface area contributed by atoms with Gasteiger partial charge in [0.25, 0.3) is 0 Å². The molecule has 2 aliphatic carbocycles. The molecule has 0 amide bonds. The van der Waals surface area contributed by atoms with E-state index in [0.29, 0.717) is 12.0 Å². The molecule has 2 N–H and O–H groups in total. The maximum atomic E-state index is 9.26. The molecule has 0 aromatic carbocycles. The first-order valence-electron chi connectivity index (χ1n) is 6.28. The Bertz CT molecular complexity index is 328. The van der Waals surface area contributed by atoms with Crippen molar-refractivity contribution in [3.8, 4) is 0 Å². The number of hydrogen-bond acceptors (Lipinski definition) is 3. The Balaban J connectivity index is 1.54. The van der Waals surface area contributed by atoms with Crippen molar-refractivity contribution in [3.63, 3.8) is 0 Å². The van der Waals surface area contributed by atoms with Crippen molar-refractivity contribution in [1.82, 2.24) is 5.32 Å². The number of hydrogen-bond donors (Lipinski definition) is 2. The van der Waals surface area contributed by atoms with Gasteiger partial charge in [0.15, 0.2) is 0 Å². The average Bonchev–Trinajstić information content (AvgIpc) is 2.91. The van der Waals surface area contributed by atoms with Gasteiger partial charge in [-0.25, -0.2) is 0 Å². The van der Waals surface area contributed by atoms with E-state index < -0.39 is 0 Å². The highest BCUT2D eigenvalue weighted by Gasteiger charge is 2.34. The summed E-state index contributed by atoms with van der Waals surface area (Å²) in [7, 11) is 0. The molecule has 0 aliphatic heterocycles. The molecular formula is C13H19NOS. The first-order chi connectivity index (χ1) is 7.83. The molecule has 0 spiro atoms. The fourth-order valence-electron chi connectivity index (χ4n) is 2.56. The van der Waals surface area contributed by atoms with Crippen molar-refractivity contribution in [2.45, 2.75) is 37.8 Å². The zero-order valence-corrected chi connectivity index (χ0v) is 10.2. The minimum absolute atomic E-state index is 0.0205. The summed E-state index contributed by atoms with van der Waals surface area (Å²) in [6.45, 7) is 1.08. The van der Waals surface area contributed by atoms with Crippen LogP contribution in [0.25, 0.3) is 0 Å². The molecule has 2 aliphatic rings. The van der Waals surface area contributed by atoms with Crippen molar-refractivity contribution in [3.05, 3.63) is 22.4 Å². The van der Waals surface area contributed by atoms with Gasteiger partial charge in [0.2, 0.25) is 0 Å². The number of aliphatic hydroxyl groups excluding tert-OH is 1. The van der Waals surface area contributed by atoms with Crippen LogP contribution in [0.1, 0.15) is 36.6 Å². The van der Waals surface area contributed by atoms with Gasteiger partial charge in [0.1, 0.15) is 0 Å². The normalized spacial score (nSPS) is 31.1. The zero-order valence-electron chi connectivity index (χ0n) is 9.43. The van der Waals surface area contributed by atoms with Gasteiger partial charge >= 0.3 is 0 Å². The van der Waals surface area contributed by atoms with E-state index in [1.807, 2.05) is 11.3 Å². The van der Waals surface area contributed by atoms with E-state index in [1.54, 1.807) is 0 Å². The fraction of sp³-hybridized carbons (Fsp3) is 0.692. The van der Waals surface area contributed by atoms with Gasteiger partial charge in [-0.1, -0.05) is 6.07 Å². The average molecular weight is 237 g/mol. The number of rotatable bonds is 5. The molecule has 0 saturated heterocycles. The van der Waals surface area contributed by atoms with E-state index >= 15 is 0 Å². The molecule has 3 rings (SSSR count). The summed E-state index contributed by atoms with van der Waals surface area (Å²) in [6, 6.07) is 4.97. The van der Waals surface area contributed by atoms with Gasteiger partial charge in [-0.05, 0) is 55.5 Å². The number of thiophene rings is 1. The van der Waals surface area contributed by atoms with Crippen LogP contribution in [0, 0.1) is 11.8 Å². The maximum absolute atomic E-state index is 9.26. The predicted molar refractivity (Wildman–Crippen MR) is 66.5 cm³/mol. The lowest BCUT2D eigenvalue weighted by atomic mass is 9.82. The molecule has 2 fully saturated rings. The van der Waals surface area contributed by atoms with Crippen molar-refractivity contribution < 1.29 is 5.11 Å². The van der Waals surface area contributed by atoms with Crippen LogP contribution in [-0.2, 0) is 0 Å². The highest BCUT2D eigenvalue weighted by atomic mass is 32.1. The molecule has 1 unspecified atom stereocenters. The Kier molecular flexibility index (Phi) is 3.01. The first-order valence-corrected chi connectivity index (χ1v) is 7.15. The monoisotopic (exact) mass is 237 g/mol. The Morgan fingerprint density at radius 2 is 2.25 bits per heavy atom. The molecule has 1 heterocycles. The second kappa shape index (κ2) is 4.47. The summed E-state index contributed by atoms with van der Waals surface area (Å²) >= 11 is 1.87. The third-order valence-corrected chi connectivity index (χ3v) is 4.74. The highest BCUT2D eigenvalue weighted by Crippen LogP contribution is 2.42. The lowest BCUT2D eigenvalue weighted by Gasteiger charge is -2.33. The molecular weight excluding hydrogens is 218 g/mol. The molecule has 1 aromatic rings. The summed E-state index contributed by atoms with van der Waals surface area (Å²) < 4.78 is 0. The molecule has 3 heteroatoms. The summed E-state index contributed by atoms with van der Waals surface area (Å²) in [5, 5.41) is 15.1. The van der Waals surface area contributed by atoms with E-state index in [1.165, 1.54) is 17.7 Å². The van der Waals surface area contributed by atoms with Crippen LogP contribution in [0.3, 0.4) is 0 Å². The molecule has 1 atom stereocenters. The molecule has 1 aromatic heterocycles. The summed E-state index contributed by atoms with van der Waals surface area (Å²) in [6.07, 6.45) is 4.72. The lowest BCUT2D eigenvalue weighted by molar-refractivity contribution is 0.0415. The summed E-state index contributed by atoms with van der Waals surface area (Å²) in [5.74, 6) is 1.57. The van der Waals surface area contributed by atoms with Crippen LogP contribution < -0.4 is 5.32 Å². The maximum Gasteiger partial charge on any atom is 0.0546 e. The minimum atomic E-state index is -0.0205. The van der Waals surface area contributed by atoms with Crippen molar-refractivity contribution in [2.24, 2.45) is 11.8 Å². The van der Waals surface area contributed by atoms with Crippen molar-refractivity contribution in [1.29, 1.82) is 0 Å². The smallest absolute Gasteiger partial charge is 0.0546 e. The zero-order chi connectivity index (χ0) is 11.0. The second-order valence-electron chi connectivity index (χ2n) is 5.23. The first kappa shape index (κ1) is 10.8. The molecule has 2 nitrogen and oxygen atoms in total. The minimum Gasteiger partial charge on any atom is -0.393 e. The summed E-state index contributed by atoms with van der Waals surface area (Å²) in [4.78, 5) is 1.49. The van der Waals surface area contributed by atoms with Gasteiger partial charge in [-0.15, -0.1) is 11.3 Å². The Labute approximate surface area is 101 Å². The molecule has 88 valence electrons. The Hall–Kier alpha value is -0.380. The van der Waals surface area contributed by atoms with Gasteiger partial charge in [0, 0.05) is 10.9 Å². The molecule has 0 radical (unpaired) electrons. The van der Waals surface area contributed by atoms with Gasteiger partial charge < -0.3 is 10.4 Å². The third kappa shape index (κ3) is 2.31. The van der Waals surface area contributed by atoms with Crippen LogP contribution in [0.5, 0.6) is 0 Å². The largest absolute Gasteiger partial charge is 0.393 e. The fourth-order valence-corrected chi connectivity index (χ4v) is 3.45. The molecule has 0 bridgehead atoms. The van der Waals surface area contributed by atoms with Crippen LogP contribution in [0.15, 0.2) is 17.5 Å². The Morgan fingerprint density at radius 3 is 2.81 bits per heavy atom. The molecule has 16 heavy (non-hydrogen) atoms. The quantitative estimate of drug-likeness (QED) is 0.825.